The van der Waals surface area contributed by atoms with Gasteiger partial charge in [0.15, 0.2) is 0 Å². The Labute approximate surface area is 182 Å². The third kappa shape index (κ3) is 5.96. The van der Waals surface area contributed by atoms with Gasteiger partial charge in [-0.25, -0.2) is 21.1 Å². The van der Waals surface area contributed by atoms with Gasteiger partial charge in [0.25, 0.3) is 15.9 Å². The van der Waals surface area contributed by atoms with Gasteiger partial charge in [-0.2, -0.15) is 0 Å². The summed E-state index contributed by atoms with van der Waals surface area (Å²) in [6.45, 7) is 0.668. The summed E-state index contributed by atoms with van der Waals surface area (Å²) in [4.78, 5) is 12.5. The van der Waals surface area contributed by atoms with Crippen LogP contribution in [0.5, 0.6) is 5.75 Å². The Hall–Kier alpha value is -2.63. The molecule has 1 fully saturated rings. The van der Waals surface area contributed by atoms with Crippen LogP contribution in [0.15, 0.2) is 53.4 Å². The predicted molar refractivity (Wildman–Crippen MR) is 117 cm³/mol. The molecule has 2 aromatic rings. The topological polar surface area (TPSA) is 122 Å². The second kappa shape index (κ2) is 9.25. The van der Waals surface area contributed by atoms with Gasteiger partial charge in [0.05, 0.1) is 18.3 Å². The van der Waals surface area contributed by atoms with Crippen molar-refractivity contribution in [1.29, 1.82) is 0 Å². The minimum atomic E-state index is -3.82. The molecule has 0 bridgehead atoms. The Morgan fingerprint density at radius 1 is 1.03 bits per heavy atom. The number of carbonyl (C=O) groups excluding carboxylic acids is 1. The summed E-state index contributed by atoms with van der Waals surface area (Å²) in [7, 11) is -5.61. The average molecular weight is 468 g/mol. The second-order valence-electron chi connectivity index (χ2n) is 7.29. The van der Waals surface area contributed by atoms with Crippen LogP contribution in [0.3, 0.4) is 0 Å². The van der Waals surface area contributed by atoms with E-state index in [1.807, 2.05) is 0 Å². The Bertz CT molecular complexity index is 1130. The van der Waals surface area contributed by atoms with Gasteiger partial charge in [0.1, 0.15) is 5.75 Å². The van der Waals surface area contributed by atoms with Gasteiger partial charge in [0, 0.05) is 30.4 Å². The minimum absolute atomic E-state index is 0.0146. The van der Waals surface area contributed by atoms with E-state index in [9.17, 15) is 21.6 Å². The van der Waals surface area contributed by atoms with Crippen LogP contribution in [-0.2, 0) is 20.0 Å². The number of ether oxygens (including phenoxy) is 1. The molecule has 2 aromatic carbocycles. The molecule has 0 spiro atoms. The maximum atomic E-state index is 12.6. The van der Waals surface area contributed by atoms with Crippen molar-refractivity contribution in [3.63, 3.8) is 0 Å². The third-order valence-corrected chi connectivity index (χ3v) is 7.62. The first-order valence-corrected chi connectivity index (χ1v) is 12.9. The van der Waals surface area contributed by atoms with Crippen molar-refractivity contribution in [2.24, 2.45) is 0 Å². The molecule has 1 saturated heterocycles. The number of sulfonamides is 2. The largest absolute Gasteiger partial charge is 0.497 e. The lowest BCUT2D eigenvalue weighted by molar-refractivity contribution is 0.0921. The predicted octanol–water partition coefficient (Wildman–Crippen LogP) is 1.65. The van der Waals surface area contributed by atoms with Crippen molar-refractivity contribution in [3.05, 3.63) is 54.1 Å². The zero-order chi connectivity index (χ0) is 22.6. The minimum Gasteiger partial charge on any atom is -0.497 e. The molecule has 31 heavy (non-hydrogen) atoms. The molecule has 1 heterocycles. The lowest BCUT2D eigenvalue weighted by Gasteiger charge is -2.31. The van der Waals surface area contributed by atoms with Crippen LogP contribution in [0.2, 0.25) is 0 Å². The molecule has 1 atom stereocenters. The molecular formula is C20H25N3O6S2. The first-order valence-electron chi connectivity index (χ1n) is 9.61. The van der Waals surface area contributed by atoms with Crippen molar-refractivity contribution in [1.82, 2.24) is 9.62 Å². The lowest BCUT2D eigenvalue weighted by Crippen LogP contribution is -2.49. The molecule has 2 N–H and O–H groups in total. The molecule has 1 aliphatic rings. The number of anilines is 1. The smallest absolute Gasteiger partial charge is 0.261 e. The van der Waals surface area contributed by atoms with Crippen LogP contribution in [-0.4, -0.2) is 59.5 Å². The quantitative estimate of drug-likeness (QED) is 0.639. The average Bonchev–Trinajstić information content (AvgIpc) is 2.74. The van der Waals surface area contributed by atoms with E-state index in [1.165, 1.54) is 35.7 Å². The number of nitrogens with zero attached hydrogens (tertiary/aromatic N) is 1. The number of piperidine rings is 1. The fourth-order valence-electron chi connectivity index (χ4n) is 3.29. The van der Waals surface area contributed by atoms with Gasteiger partial charge in [-0.05, 0) is 61.4 Å². The summed E-state index contributed by atoms with van der Waals surface area (Å²) in [6, 6.07) is 11.7. The molecule has 1 aliphatic heterocycles. The van der Waals surface area contributed by atoms with E-state index in [0.29, 0.717) is 36.4 Å². The number of hydrogen-bond donors (Lipinski definition) is 2. The van der Waals surface area contributed by atoms with Crippen molar-refractivity contribution < 1.29 is 26.4 Å². The molecule has 0 saturated carbocycles. The second-order valence-corrected chi connectivity index (χ2v) is 11.0. The zero-order valence-corrected chi connectivity index (χ0v) is 18.9. The SMILES string of the molecule is COc1ccc(NS(=O)(=O)c2ccc(C(=O)NC3CCCN(S(C)(=O)=O)C3)cc2)cc1. The number of benzene rings is 2. The first-order chi connectivity index (χ1) is 14.6. The van der Waals surface area contributed by atoms with E-state index in [1.54, 1.807) is 24.3 Å². The highest BCUT2D eigenvalue weighted by molar-refractivity contribution is 7.92. The summed E-state index contributed by atoms with van der Waals surface area (Å²) >= 11 is 0. The number of nitrogens with one attached hydrogen (secondary N) is 2. The highest BCUT2D eigenvalue weighted by Gasteiger charge is 2.27. The Morgan fingerprint density at radius 2 is 1.68 bits per heavy atom. The highest BCUT2D eigenvalue weighted by atomic mass is 32.2. The fourth-order valence-corrected chi connectivity index (χ4v) is 5.26. The van der Waals surface area contributed by atoms with E-state index in [0.717, 1.165) is 6.26 Å². The fraction of sp³-hybridized carbons (Fsp3) is 0.350. The van der Waals surface area contributed by atoms with Gasteiger partial charge in [-0.15, -0.1) is 0 Å². The standard InChI is InChI=1S/C20H25N3O6S2/c1-29-18-9-7-16(8-10-18)22-31(27,28)19-11-5-15(6-12-19)20(24)21-17-4-3-13-23(14-17)30(2,25)26/h5-12,17,22H,3-4,13-14H2,1-2H3,(H,21,24). The molecule has 0 aliphatic carbocycles. The number of rotatable bonds is 7. The maximum Gasteiger partial charge on any atom is 0.261 e. The molecular weight excluding hydrogens is 442 g/mol. The van der Waals surface area contributed by atoms with E-state index in [-0.39, 0.29) is 23.4 Å². The lowest BCUT2D eigenvalue weighted by atomic mass is 10.1. The summed E-state index contributed by atoms with van der Waals surface area (Å²) in [5.74, 6) is 0.225. The highest BCUT2D eigenvalue weighted by Crippen LogP contribution is 2.20. The van der Waals surface area contributed by atoms with Crippen LogP contribution in [0.4, 0.5) is 5.69 Å². The summed E-state index contributed by atoms with van der Waals surface area (Å²) in [5.41, 5.74) is 0.676. The molecule has 9 nitrogen and oxygen atoms in total. The maximum absolute atomic E-state index is 12.6. The zero-order valence-electron chi connectivity index (χ0n) is 17.2. The molecule has 1 unspecified atom stereocenters. The first kappa shape index (κ1) is 23.0. The summed E-state index contributed by atoms with van der Waals surface area (Å²) in [5, 5.41) is 2.82. The number of methoxy groups -OCH3 is 1. The Morgan fingerprint density at radius 3 is 2.26 bits per heavy atom. The van der Waals surface area contributed by atoms with E-state index in [2.05, 4.69) is 10.0 Å². The molecule has 168 valence electrons. The number of carbonyl (C=O) groups is 1. The number of hydrogen-bond acceptors (Lipinski definition) is 6. The van der Waals surface area contributed by atoms with Crippen molar-refractivity contribution in [2.75, 3.05) is 31.2 Å². The normalized spacial score (nSPS) is 17.7. The van der Waals surface area contributed by atoms with Gasteiger partial charge in [-0.3, -0.25) is 9.52 Å². The van der Waals surface area contributed by atoms with Crippen LogP contribution in [0.1, 0.15) is 23.2 Å². The van der Waals surface area contributed by atoms with E-state index in [4.69, 9.17) is 4.74 Å². The molecule has 1 amide bonds. The van der Waals surface area contributed by atoms with Crippen LogP contribution < -0.4 is 14.8 Å². The third-order valence-electron chi connectivity index (χ3n) is 4.96. The monoisotopic (exact) mass is 467 g/mol. The van der Waals surface area contributed by atoms with Crippen molar-refractivity contribution in [2.45, 2.75) is 23.8 Å². The van der Waals surface area contributed by atoms with E-state index < -0.39 is 20.0 Å². The number of amides is 1. The molecule has 11 heteroatoms. The molecule has 3 rings (SSSR count). The van der Waals surface area contributed by atoms with Gasteiger partial charge in [-0.1, -0.05) is 0 Å². The Kier molecular flexibility index (Phi) is 6.87. The van der Waals surface area contributed by atoms with Crippen LogP contribution in [0, 0.1) is 0 Å². The van der Waals surface area contributed by atoms with Crippen molar-refractivity contribution >= 4 is 31.6 Å². The van der Waals surface area contributed by atoms with E-state index >= 15 is 0 Å². The van der Waals surface area contributed by atoms with Gasteiger partial charge >= 0.3 is 0 Å². The van der Waals surface area contributed by atoms with Crippen molar-refractivity contribution in [3.8, 4) is 5.75 Å². The molecule has 0 radical (unpaired) electrons. The van der Waals surface area contributed by atoms with Crippen LogP contribution >= 0.6 is 0 Å². The Balaban J connectivity index is 1.65. The van der Waals surface area contributed by atoms with Gasteiger partial charge in [0.2, 0.25) is 10.0 Å². The van der Waals surface area contributed by atoms with Crippen LogP contribution in [0.25, 0.3) is 0 Å². The summed E-state index contributed by atoms with van der Waals surface area (Å²) < 4.78 is 57.5. The summed E-state index contributed by atoms with van der Waals surface area (Å²) in [6.07, 6.45) is 2.48. The molecule has 0 aromatic heterocycles. The van der Waals surface area contributed by atoms with Gasteiger partial charge < -0.3 is 10.1 Å².